The minimum Gasteiger partial charge on any atom is -0.496 e. The molecule has 9 heteroatoms. The van der Waals surface area contributed by atoms with Crippen LogP contribution in [-0.2, 0) is 10.9 Å². The predicted molar refractivity (Wildman–Crippen MR) is 126 cm³/mol. The smallest absolute Gasteiger partial charge is 0.416 e. The van der Waals surface area contributed by atoms with Gasteiger partial charge in [-0.25, -0.2) is 9.78 Å². The fraction of sp³-hybridized carbons (Fsp3) is 0.440. The number of alkyl halides is 3. The molecule has 6 nitrogen and oxygen atoms in total. The summed E-state index contributed by atoms with van der Waals surface area (Å²) in [4.78, 5) is 19.0. The number of methoxy groups -OCH3 is 2. The summed E-state index contributed by atoms with van der Waals surface area (Å²) in [5.74, 6) is 0.0522. The largest absolute Gasteiger partial charge is 0.496 e. The minimum atomic E-state index is -4.39. The molecule has 0 unspecified atom stereocenters. The number of esters is 1. The van der Waals surface area contributed by atoms with Crippen molar-refractivity contribution in [2.75, 3.05) is 19.5 Å². The van der Waals surface area contributed by atoms with Crippen LogP contribution in [0.15, 0.2) is 36.4 Å². The van der Waals surface area contributed by atoms with Crippen LogP contribution in [-0.4, -0.2) is 30.2 Å². The second-order valence-electron chi connectivity index (χ2n) is 9.07. The highest BCUT2D eigenvalue weighted by molar-refractivity contribution is 5.97. The van der Waals surface area contributed by atoms with Gasteiger partial charge in [-0.1, -0.05) is 33.1 Å². The number of imidazole rings is 1. The van der Waals surface area contributed by atoms with E-state index in [4.69, 9.17) is 9.47 Å². The summed E-state index contributed by atoms with van der Waals surface area (Å²) in [5, 5.41) is 2.88. The van der Waals surface area contributed by atoms with Crippen LogP contribution in [0.25, 0.3) is 11.0 Å². The van der Waals surface area contributed by atoms with Gasteiger partial charge in [-0.2, -0.15) is 13.2 Å². The average Bonchev–Trinajstić information content (AvgIpc) is 3.18. The summed E-state index contributed by atoms with van der Waals surface area (Å²) < 4.78 is 47.7. The van der Waals surface area contributed by atoms with Gasteiger partial charge in [0.05, 0.1) is 30.8 Å². The number of rotatable bonds is 4. The zero-order valence-electron chi connectivity index (χ0n) is 19.8. The van der Waals surface area contributed by atoms with Gasteiger partial charge in [0.25, 0.3) is 0 Å². The molecular formula is C25H30F3N3O3. The molecule has 184 valence electrons. The maximum atomic E-state index is 12.6. The molecule has 0 atom stereocenters. The summed E-state index contributed by atoms with van der Waals surface area (Å²) in [6, 6.07) is 7.65. The number of hydrogen-bond donors (Lipinski definition) is 2. The van der Waals surface area contributed by atoms with Crippen LogP contribution in [0.2, 0.25) is 0 Å². The third kappa shape index (κ3) is 6.42. The van der Waals surface area contributed by atoms with Crippen molar-refractivity contribution in [1.29, 1.82) is 0 Å². The van der Waals surface area contributed by atoms with Crippen LogP contribution < -0.4 is 10.1 Å². The Morgan fingerprint density at radius 3 is 2.21 bits per heavy atom. The monoisotopic (exact) mass is 477 g/mol. The topological polar surface area (TPSA) is 76.2 Å². The summed E-state index contributed by atoms with van der Waals surface area (Å²) in [7, 11) is 2.68. The highest BCUT2D eigenvalue weighted by Gasteiger charge is 2.30. The molecule has 0 spiro atoms. The van der Waals surface area contributed by atoms with Crippen LogP contribution in [0.1, 0.15) is 61.9 Å². The first kappa shape index (κ1) is 25.4. The number of fused-ring (bicyclic) bond motifs is 1. The Morgan fingerprint density at radius 2 is 1.71 bits per heavy atom. The number of hydrogen-bond acceptors (Lipinski definition) is 5. The van der Waals surface area contributed by atoms with Crippen LogP contribution >= 0.6 is 0 Å². The van der Waals surface area contributed by atoms with Crippen molar-refractivity contribution in [2.45, 2.75) is 52.1 Å². The lowest BCUT2D eigenvalue weighted by molar-refractivity contribution is -0.137. The van der Waals surface area contributed by atoms with Crippen LogP contribution in [0.3, 0.4) is 0 Å². The number of anilines is 2. The van der Waals surface area contributed by atoms with Gasteiger partial charge in [0.15, 0.2) is 0 Å². The molecule has 0 amide bonds. The second-order valence-corrected chi connectivity index (χ2v) is 9.07. The fourth-order valence-corrected chi connectivity index (χ4v) is 3.92. The number of nitrogens with one attached hydrogen (secondary N) is 2. The molecule has 4 rings (SSSR count). The van der Waals surface area contributed by atoms with E-state index in [1.165, 1.54) is 64.5 Å². The molecule has 1 heterocycles. The van der Waals surface area contributed by atoms with Gasteiger partial charge in [-0.15, -0.1) is 0 Å². The Hall–Kier alpha value is -3.23. The molecule has 1 aromatic heterocycles. The SMILES string of the molecule is CC1(C)CCCCC1.COC(=O)c1cc2[nH]c(Nc3ccc(C(F)(F)F)cc3)nc2cc1OC. The summed E-state index contributed by atoms with van der Waals surface area (Å²) in [6.45, 7) is 4.76. The molecule has 2 aromatic carbocycles. The van der Waals surface area contributed by atoms with Gasteiger partial charge in [-0.05, 0) is 48.6 Å². The van der Waals surface area contributed by atoms with E-state index >= 15 is 0 Å². The number of ether oxygens (including phenoxy) is 2. The first-order valence-electron chi connectivity index (χ1n) is 11.1. The van der Waals surface area contributed by atoms with E-state index < -0.39 is 17.7 Å². The maximum Gasteiger partial charge on any atom is 0.416 e. The van der Waals surface area contributed by atoms with E-state index in [9.17, 15) is 18.0 Å². The lowest BCUT2D eigenvalue weighted by Crippen LogP contribution is -2.14. The molecular weight excluding hydrogens is 447 g/mol. The molecule has 1 aliphatic carbocycles. The minimum absolute atomic E-state index is 0.229. The Morgan fingerprint density at radius 1 is 1.06 bits per heavy atom. The van der Waals surface area contributed by atoms with E-state index in [1.54, 1.807) is 6.07 Å². The van der Waals surface area contributed by atoms with E-state index in [0.29, 0.717) is 33.8 Å². The average molecular weight is 478 g/mol. The highest BCUT2D eigenvalue weighted by Crippen LogP contribution is 2.34. The first-order chi connectivity index (χ1) is 16.0. The highest BCUT2D eigenvalue weighted by atomic mass is 19.4. The number of benzene rings is 2. The van der Waals surface area contributed by atoms with Gasteiger partial charge in [0.2, 0.25) is 5.95 Å². The zero-order valence-corrected chi connectivity index (χ0v) is 19.8. The number of carbonyl (C=O) groups is 1. The summed E-state index contributed by atoms with van der Waals surface area (Å²) in [5.41, 5.74) is 1.66. The van der Waals surface area contributed by atoms with Crippen LogP contribution in [0, 0.1) is 5.41 Å². The molecule has 1 fully saturated rings. The van der Waals surface area contributed by atoms with Crippen molar-refractivity contribution in [3.63, 3.8) is 0 Å². The van der Waals surface area contributed by atoms with Gasteiger partial charge in [0.1, 0.15) is 11.3 Å². The van der Waals surface area contributed by atoms with Crippen molar-refractivity contribution in [2.24, 2.45) is 5.41 Å². The molecule has 0 bridgehead atoms. The second kappa shape index (κ2) is 10.4. The quantitative estimate of drug-likeness (QED) is 0.392. The Kier molecular flexibility index (Phi) is 7.74. The Labute approximate surface area is 196 Å². The third-order valence-electron chi connectivity index (χ3n) is 5.89. The van der Waals surface area contributed by atoms with Gasteiger partial charge >= 0.3 is 12.1 Å². The first-order valence-corrected chi connectivity index (χ1v) is 11.1. The number of aromatic amines is 1. The molecule has 3 aromatic rings. The third-order valence-corrected chi connectivity index (χ3v) is 5.89. The van der Waals surface area contributed by atoms with Crippen molar-refractivity contribution < 1.29 is 27.4 Å². The fourth-order valence-electron chi connectivity index (χ4n) is 3.92. The summed E-state index contributed by atoms with van der Waals surface area (Å²) in [6.07, 6.45) is 2.92. The van der Waals surface area contributed by atoms with E-state index in [1.807, 2.05) is 0 Å². The van der Waals surface area contributed by atoms with Crippen LogP contribution in [0.4, 0.5) is 24.8 Å². The summed E-state index contributed by atoms with van der Waals surface area (Å²) >= 11 is 0. The van der Waals surface area contributed by atoms with E-state index in [2.05, 4.69) is 29.1 Å². The molecule has 0 radical (unpaired) electrons. The zero-order chi connectivity index (χ0) is 24.9. The van der Waals surface area contributed by atoms with Crippen molar-refractivity contribution >= 4 is 28.6 Å². The van der Waals surface area contributed by atoms with E-state index in [0.717, 1.165) is 12.1 Å². The van der Waals surface area contributed by atoms with Crippen molar-refractivity contribution in [3.05, 3.63) is 47.5 Å². The number of nitrogens with zero attached hydrogens (tertiary/aromatic N) is 1. The normalized spacial score (nSPS) is 15.3. The molecule has 34 heavy (non-hydrogen) atoms. The lowest BCUT2D eigenvalue weighted by atomic mass is 9.78. The Balaban J connectivity index is 0.000000343. The lowest BCUT2D eigenvalue weighted by Gasteiger charge is -2.28. The van der Waals surface area contributed by atoms with Gasteiger partial charge in [-0.3, -0.25) is 0 Å². The number of H-pyrrole nitrogens is 1. The molecule has 1 aliphatic rings. The predicted octanol–water partition coefficient (Wildman–Crippen LogP) is 7.10. The van der Waals surface area contributed by atoms with E-state index in [-0.39, 0.29) is 5.56 Å². The number of halogens is 3. The Bertz CT molecular complexity index is 1110. The number of carbonyl (C=O) groups excluding carboxylic acids is 1. The van der Waals surface area contributed by atoms with Gasteiger partial charge in [0, 0.05) is 11.8 Å². The molecule has 2 N–H and O–H groups in total. The van der Waals surface area contributed by atoms with Crippen molar-refractivity contribution in [1.82, 2.24) is 9.97 Å². The molecule has 1 saturated carbocycles. The maximum absolute atomic E-state index is 12.6. The molecule has 0 aliphatic heterocycles. The van der Waals surface area contributed by atoms with Gasteiger partial charge < -0.3 is 19.8 Å². The number of aromatic nitrogens is 2. The molecule has 0 saturated heterocycles. The van der Waals surface area contributed by atoms with Crippen LogP contribution in [0.5, 0.6) is 5.75 Å². The standard InChI is InChI=1S/C17H14F3N3O3.C8H16/c1-25-14-8-13-12(7-11(14)15(24)26-2)22-16(23-13)21-10-5-3-9(4-6-10)17(18,19)20;1-8(2)6-4-3-5-7-8/h3-8H,1-2H3,(H2,21,22,23);3-7H2,1-2H3. The van der Waals surface area contributed by atoms with Crippen molar-refractivity contribution in [3.8, 4) is 5.75 Å².